The minimum Gasteiger partial charge on any atom is -0.465 e. The predicted molar refractivity (Wildman–Crippen MR) is 102 cm³/mol. The minimum atomic E-state index is -0.546. The molecule has 4 rings (SSSR count). The number of aromatic nitrogens is 2. The number of benzene rings is 2. The normalized spacial score (nSPS) is 16.3. The number of hydrogen-bond acceptors (Lipinski definition) is 6. The van der Waals surface area contributed by atoms with Crippen LogP contribution in [0.1, 0.15) is 28.5 Å². The summed E-state index contributed by atoms with van der Waals surface area (Å²) in [6.45, 7) is 0.321. The van der Waals surface area contributed by atoms with Gasteiger partial charge in [0.05, 0.1) is 17.7 Å². The van der Waals surface area contributed by atoms with Crippen molar-refractivity contribution in [1.29, 1.82) is 0 Å². The molecule has 0 bridgehead atoms. The summed E-state index contributed by atoms with van der Waals surface area (Å²) in [6.07, 6.45) is 0.191. The quantitative estimate of drug-likeness (QED) is 0.602. The van der Waals surface area contributed by atoms with Crippen LogP contribution in [0.3, 0.4) is 0 Å². The molecule has 0 aliphatic carbocycles. The van der Waals surface area contributed by atoms with Gasteiger partial charge in [0.2, 0.25) is 5.91 Å². The van der Waals surface area contributed by atoms with Gasteiger partial charge in [0.25, 0.3) is 5.89 Å². The highest BCUT2D eigenvalue weighted by molar-refractivity contribution is 6.31. The van der Waals surface area contributed by atoms with Gasteiger partial charge < -0.3 is 14.2 Å². The van der Waals surface area contributed by atoms with Crippen LogP contribution in [0.25, 0.3) is 11.5 Å². The Hall–Kier alpha value is -3.26. The number of halogens is 2. The second-order valence-corrected chi connectivity index (χ2v) is 6.94. The summed E-state index contributed by atoms with van der Waals surface area (Å²) in [6, 6.07) is 10.8. The number of ether oxygens (including phenoxy) is 1. The van der Waals surface area contributed by atoms with E-state index in [1.165, 1.54) is 30.2 Å². The van der Waals surface area contributed by atoms with Crippen LogP contribution in [0.15, 0.2) is 47.0 Å². The molecule has 2 aromatic carbocycles. The van der Waals surface area contributed by atoms with Gasteiger partial charge in [-0.1, -0.05) is 22.8 Å². The summed E-state index contributed by atoms with van der Waals surface area (Å²) < 4.78 is 23.4. The van der Waals surface area contributed by atoms with Crippen LogP contribution < -0.4 is 4.90 Å². The van der Waals surface area contributed by atoms with Crippen molar-refractivity contribution in [1.82, 2.24) is 10.1 Å². The van der Waals surface area contributed by atoms with Crippen LogP contribution >= 0.6 is 11.6 Å². The molecule has 1 unspecified atom stereocenters. The third-order valence-electron chi connectivity index (χ3n) is 4.68. The van der Waals surface area contributed by atoms with Crippen LogP contribution in [0.2, 0.25) is 5.02 Å². The van der Waals surface area contributed by atoms with Crippen molar-refractivity contribution in [3.05, 3.63) is 64.7 Å². The monoisotopic (exact) mass is 415 g/mol. The van der Waals surface area contributed by atoms with E-state index in [0.29, 0.717) is 29.2 Å². The molecule has 0 saturated carbocycles. The van der Waals surface area contributed by atoms with Gasteiger partial charge in [-0.15, -0.1) is 0 Å². The number of esters is 1. The zero-order valence-electron chi connectivity index (χ0n) is 15.3. The maximum Gasteiger partial charge on any atom is 0.337 e. The predicted octanol–water partition coefficient (Wildman–Crippen LogP) is 3.84. The van der Waals surface area contributed by atoms with Crippen molar-refractivity contribution in [2.45, 2.75) is 12.3 Å². The van der Waals surface area contributed by atoms with Crippen molar-refractivity contribution in [2.24, 2.45) is 0 Å². The van der Waals surface area contributed by atoms with E-state index in [1.54, 1.807) is 24.3 Å². The van der Waals surface area contributed by atoms with Crippen LogP contribution in [-0.4, -0.2) is 35.7 Å². The first-order chi connectivity index (χ1) is 14.0. The number of anilines is 1. The maximum absolute atomic E-state index is 13.4. The molecule has 7 nitrogen and oxygen atoms in total. The lowest BCUT2D eigenvalue weighted by Gasteiger charge is -2.16. The Morgan fingerprint density at radius 1 is 1.31 bits per heavy atom. The summed E-state index contributed by atoms with van der Waals surface area (Å²) in [5.74, 6) is -0.824. The van der Waals surface area contributed by atoms with E-state index in [4.69, 9.17) is 20.9 Å². The number of nitrogens with zero attached hydrogens (tertiary/aromatic N) is 3. The summed E-state index contributed by atoms with van der Waals surface area (Å²) in [4.78, 5) is 30.0. The lowest BCUT2D eigenvalue weighted by atomic mass is 10.1. The van der Waals surface area contributed by atoms with E-state index in [-0.39, 0.29) is 29.2 Å². The van der Waals surface area contributed by atoms with Gasteiger partial charge in [0.1, 0.15) is 5.82 Å². The second kappa shape index (κ2) is 7.63. The Labute approximate surface area is 170 Å². The summed E-state index contributed by atoms with van der Waals surface area (Å²) in [7, 11) is 1.30. The molecule has 0 spiro atoms. The molecular weight excluding hydrogens is 401 g/mol. The average molecular weight is 416 g/mol. The zero-order valence-corrected chi connectivity index (χ0v) is 16.0. The molecule has 1 aliphatic heterocycles. The summed E-state index contributed by atoms with van der Waals surface area (Å²) >= 11 is 5.82. The van der Waals surface area contributed by atoms with Crippen molar-refractivity contribution >= 4 is 29.2 Å². The van der Waals surface area contributed by atoms with E-state index in [9.17, 15) is 14.0 Å². The highest BCUT2D eigenvalue weighted by Crippen LogP contribution is 2.33. The molecule has 0 N–H and O–H groups in total. The first kappa shape index (κ1) is 19.1. The smallest absolute Gasteiger partial charge is 0.337 e. The van der Waals surface area contributed by atoms with Crippen LogP contribution in [0.5, 0.6) is 0 Å². The van der Waals surface area contributed by atoms with Gasteiger partial charge in [-0.3, -0.25) is 4.79 Å². The Balaban J connectivity index is 1.55. The van der Waals surface area contributed by atoms with E-state index in [1.807, 2.05) is 0 Å². The second-order valence-electron chi connectivity index (χ2n) is 6.53. The van der Waals surface area contributed by atoms with Crippen molar-refractivity contribution in [3.63, 3.8) is 0 Å². The topological polar surface area (TPSA) is 85.5 Å². The number of methoxy groups -OCH3 is 1. The van der Waals surface area contributed by atoms with Gasteiger partial charge in [-0.05, 0) is 36.4 Å². The van der Waals surface area contributed by atoms with Crippen LogP contribution in [0, 0.1) is 5.82 Å². The lowest BCUT2D eigenvalue weighted by molar-refractivity contribution is -0.117. The largest absolute Gasteiger partial charge is 0.465 e. The van der Waals surface area contributed by atoms with Crippen LogP contribution in [0.4, 0.5) is 10.1 Å². The summed E-state index contributed by atoms with van der Waals surface area (Å²) in [5.41, 5.74) is 1.44. The van der Waals surface area contributed by atoms with Crippen molar-refractivity contribution < 1.29 is 23.2 Å². The number of carbonyl (C=O) groups is 2. The average Bonchev–Trinajstić information content (AvgIpc) is 3.36. The van der Waals surface area contributed by atoms with Crippen LogP contribution in [-0.2, 0) is 9.53 Å². The fraction of sp³-hybridized carbons (Fsp3) is 0.200. The van der Waals surface area contributed by atoms with E-state index in [0.717, 1.165) is 0 Å². The number of amides is 1. The molecule has 1 aliphatic rings. The third kappa shape index (κ3) is 3.71. The molecule has 1 saturated heterocycles. The first-order valence-corrected chi connectivity index (χ1v) is 9.12. The third-order valence-corrected chi connectivity index (χ3v) is 4.97. The molecular formula is C20H15ClFN3O4. The Morgan fingerprint density at radius 3 is 2.90 bits per heavy atom. The Bertz CT molecular complexity index is 1100. The maximum atomic E-state index is 13.4. The summed E-state index contributed by atoms with van der Waals surface area (Å²) in [5, 5.41) is 3.95. The molecule has 2 heterocycles. The zero-order chi connectivity index (χ0) is 20.5. The fourth-order valence-electron chi connectivity index (χ4n) is 3.20. The number of hydrogen-bond donors (Lipinski definition) is 0. The van der Waals surface area contributed by atoms with Gasteiger partial charge in [0, 0.05) is 30.1 Å². The fourth-order valence-corrected chi connectivity index (χ4v) is 3.37. The first-order valence-electron chi connectivity index (χ1n) is 8.74. The van der Waals surface area contributed by atoms with E-state index >= 15 is 0 Å². The van der Waals surface area contributed by atoms with Gasteiger partial charge in [-0.25, -0.2) is 9.18 Å². The Morgan fingerprint density at radius 2 is 2.14 bits per heavy atom. The molecule has 29 heavy (non-hydrogen) atoms. The van der Waals surface area contributed by atoms with Gasteiger partial charge >= 0.3 is 5.97 Å². The molecule has 1 aromatic heterocycles. The minimum absolute atomic E-state index is 0.0499. The van der Waals surface area contributed by atoms with Crippen molar-refractivity contribution in [3.8, 4) is 11.5 Å². The Kier molecular flexibility index (Phi) is 5.02. The highest BCUT2D eigenvalue weighted by atomic mass is 35.5. The van der Waals surface area contributed by atoms with E-state index in [2.05, 4.69) is 10.1 Å². The highest BCUT2D eigenvalue weighted by Gasteiger charge is 2.35. The number of carbonyl (C=O) groups excluding carboxylic acids is 2. The number of rotatable bonds is 4. The van der Waals surface area contributed by atoms with Crippen molar-refractivity contribution in [2.75, 3.05) is 18.6 Å². The SMILES string of the molecule is COC(=O)c1cccc(-c2nc(C3CC(=O)N(c4ccc(F)c(Cl)c4)C3)no2)c1. The molecule has 1 atom stereocenters. The molecule has 1 fully saturated rings. The van der Waals surface area contributed by atoms with Gasteiger partial charge in [0.15, 0.2) is 5.82 Å². The molecule has 0 radical (unpaired) electrons. The standard InChI is InChI=1S/C20H15ClFN3O4/c1-28-20(27)12-4-2-3-11(7-12)19-23-18(24-29-19)13-8-17(26)25(10-13)14-5-6-16(22)15(21)9-14/h2-7,9,13H,8,10H2,1H3. The molecule has 9 heteroatoms. The lowest BCUT2D eigenvalue weighted by Crippen LogP contribution is -2.24. The molecule has 3 aromatic rings. The molecule has 1 amide bonds. The molecule has 148 valence electrons. The van der Waals surface area contributed by atoms with E-state index < -0.39 is 11.8 Å². The van der Waals surface area contributed by atoms with Gasteiger partial charge in [-0.2, -0.15) is 4.98 Å².